The smallest absolute Gasteiger partial charge is 0.0570 e. The van der Waals surface area contributed by atoms with Crippen molar-refractivity contribution in [1.82, 2.24) is 10.3 Å². The molecule has 16 heavy (non-hydrogen) atoms. The maximum absolute atomic E-state index is 9.44. The molecule has 1 aliphatic carbocycles. The van der Waals surface area contributed by atoms with E-state index in [2.05, 4.69) is 23.3 Å². The summed E-state index contributed by atoms with van der Waals surface area (Å²) < 4.78 is 0. The van der Waals surface area contributed by atoms with Crippen LogP contribution < -0.4 is 5.32 Å². The van der Waals surface area contributed by atoms with Crippen LogP contribution in [0.4, 0.5) is 0 Å². The van der Waals surface area contributed by atoms with Gasteiger partial charge in [-0.1, -0.05) is 6.07 Å². The summed E-state index contributed by atoms with van der Waals surface area (Å²) in [6.45, 7) is 2.15. The molecule has 1 atom stereocenters. The van der Waals surface area contributed by atoms with E-state index >= 15 is 0 Å². The molecule has 0 unspecified atom stereocenters. The van der Waals surface area contributed by atoms with Crippen LogP contribution in [-0.2, 0) is 0 Å². The fourth-order valence-corrected chi connectivity index (χ4v) is 2.31. The molecule has 88 valence electrons. The molecule has 1 fully saturated rings. The lowest BCUT2D eigenvalue weighted by molar-refractivity contribution is 0.114. The molecule has 1 heterocycles. The highest BCUT2D eigenvalue weighted by Gasteiger charge is 2.20. The Balaban J connectivity index is 1.86. The van der Waals surface area contributed by atoms with Crippen molar-refractivity contribution in [2.75, 3.05) is 0 Å². The third kappa shape index (κ3) is 3.03. The van der Waals surface area contributed by atoms with E-state index in [1.165, 1.54) is 0 Å². The first-order valence-corrected chi connectivity index (χ1v) is 6.11. The van der Waals surface area contributed by atoms with Crippen LogP contribution in [0, 0.1) is 0 Å². The largest absolute Gasteiger partial charge is 0.393 e. The molecule has 1 aromatic rings. The number of pyridine rings is 1. The molecule has 1 saturated carbocycles. The minimum atomic E-state index is -0.0804. The maximum atomic E-state index is 9.44. The highest BCUT2D eigenvalue weighted by atomic mass is 16.3. The van der Waals surface area contributed by atoms with Crippen LogP contribution >= 0.6 is 0 Å². The first-order valence-electron chi connectivity index (χ1n) is 6.11. The molecule has 0 radical (unpaired) electrons. The van der Waals surface area contributed by atoms with Crippen LogP contribution in [0.1, 0.15) is 44.3 Å². The predicted molar refractivity (Wildman–Crippen MR) is 64.1 cm³/mol. The summed E-state index contributed by atoms with van der Waals surface area (Å²) in [6, 6.07) is 6.83. The first kappa shape index (κ1) is 11.6. The average Bonchev–Trinajstić information content (AvgIpc) is 2.33. The Kier molecular flexibility index (Phi) is 3.91. The van der Waals surface area contributed by atoms with E-state index in [9.17, 15) is 5.11 Å². The molecular formula is C13H20N2O. The lowest BCUT2D eigenvalue weighted by Crippen LogP contribution is -2.36. The lowest BCUT2D eigenvalue weighted by Gasteiger charge is -2.28. The van der Waals surface area contributed by atoms with E-state index in [-0.39, 0.29) is 6.10 Å². The zero-order valence-electron chi connectivity index (χ0n) is 9.76. The molecule has 0 saturated heterocycles. The van der Waals surface area contributed by atoms with E-state index in [4.69, 9.17) is 0 Å². The molecule has 0 bridgehead atoms. The zero-order chi connectivity index (χ0) is 11.4. The molecule has 2 N–H and O–H groups in total. The molecule has 0 aliphatic heterocycles. The highest BCUT2D eigenvalue weighted by Crippen LogP contribution is 2.21. The highest BCUT2D eigenvalue weighted by molar-refractivity contribution is 5.07. The second-order valence-electron chi connectivity index (χ2n) is 4.65. The lowest BCUT2D eigenvalue weighted by atomic mass is 9.92. The Labute approximate surface area is 96.9 Å². The van der Waals surface area contributed by atoms with Crippen LogP contribution in [0.2, 0.25) is 0 Å². The van der Waals surface area contributed by atoms with E-state index < -0.39 is 0 Å². The van der Waals surface area contributed by atoms with E-state index in [1.54, 1.807) is 0 Å². The molecule has 0 amide bonds. The topological polar surface area (TPSA) is 45.1 Å². The van der Waals surface area contributed by atoms with Crippen LogP contribution in [0.5, 0.6) is 0 Å². The molecule has 3 nitrogen and oxygen atoms in total. The molecular weight excluding hydrogens is 200 g/mol. The fourth-order valence-electron chi connectivity index (χ4n) is 2.31. The van der Waals surface area contributed by atoms with Crippen LogP contribution in [0.3, 0.4) is 0 Å². The third-order valence-corrected chi connectivity index (χ3v) is 3.31. The van der Waals surface area contributed by atoms with Crippen LogP contribution in [0.25, 0.3) is 0 Å². The Hall–Kier alpha value is -0.930. The standard InChI is InChI=1S/C13H20N2O/c1-10(13-4-2-3-9-14-13)15-11-5-7-12(16)8-6-11/h2-4,9-12,15-16H,5-8H2,1H3/t10-,11?,12?/m0/s1. The number of nitrogens with one attached hydrogen (secondary N) is 1. The summed E-state index contributed by atoms with van der Waals surface area (Å²) in [4.78, 5) is 4.35. The molecule has 0 aromatic carbocycles. The van der Waals surface area contributed by atoms with Crippen molar-refractivity contribution in [2.45, 2.75) is 50.8 Å². The molecule has 2 rings (SSSR count). The number of aliphatic hydroxyl groups excluding tert-OH is 1. The van der Waals surface area contributed by atoms with Gasteiger partial charge >= 0.3 is 0 Å². The molecule has 3 heteroatoms. The summed E-state index contributed by atoms with van der Waals surface area (Å²) in [6.07, 6.45) is 5.73. The number of aliphatic hydroxyl groups is 1. The fraction of sp³-hybridized carbons (Fsp3) is 0.615. The summed E-state index contributed by atoms with van der Waals surface area (Å²) >= 11 is 0. The minimum absolute atomic E-state index is 0.0804. The van der Waals surface area contributed by atoms with Crippen LogP contribution in [-0.4, -0.2) is 22.2 Å². The Morgan fingerprint density at radius 1 is 1.31 bits per heavy atom. The second kappa shape index (κ2) is 5.41. The van der Waals surface area contributed by atoms with Crippen molar-refractivity contribution in [3.63, 3.8) is 0 Å². The molecule has 1 aromatic heterocycles. The maximum Gasteiger partial charge on any atom is 0.0570 e. The number of rotatable bonds is 3. The minimum Gasteiger partial charge on any atom is -0.393 e. The van der Waals surface area contributed by atoms with Gasteiger partial charge in [-0.3, -0.25) is 4.98 Å². The van der Waals surface area contributed by atoms with Gasteiger partial charge in [-0.05, 0) is 44.7 Å². The van der Waals surface area contributed by atoms with Gasteiger partial charge in [0.15, 0.2) is 0 Å². The summed E-state index contributed by atoms with van der Waals surface area (Å²) in [5.74, 6) is 0. The monoisotopic (exact) mass is 220 g/mol. The van der Waals surface area contributed by atoms with Gasteiger partial charge in [0, 0.05) is 18.3 Å². The van der Waals surface area contributed by atoms with Gasteiger partial charge in [-0.2, -0.15) is 0 Å². The van der Waals surface area contributed by atoms with Crippen molar-refractivity contribution in [1.29, 1.82) is 0 Å². The SMILES string of the molecule is C[C@H](NC1CCC(O)CC1)c1ccccn1. The number of hydrogen-bond acceptors (Lipinski definition) is 3. The first-order chi connectivity index (χ1) is 7.75. The summed E-state index contributed by atoms with van der Waals surface area (Å²) in [5.41, 5.74) is 1.09. The predicted octanol–water partition coefficient (Wildman–Crippen LogP) is 2.04. The normalized spacial score (nSPS) is 27.6. The van der Waals surface area contributed by atoms with Crippen LogP contribution in [0.15, 0.2) is 24.4 Å². The Morgan fingerprint density at radius 2 is 2.06 bits per heavy atom. The van der Waals surface area contributed by atoms with Gasteiger partial charge in [-0.25, -0.2) is 0 Å². The summed E-state index contributed by atoms with van der Waals surface area (Å²) in [5, 5.41) is 13.0. The van der Waals surface area contributed by atoms with Crippen molar-refractivity contribution in [3.05, 3.63) is 30.1 Å². The molecule has 1 aliphatic rings. The van der Waals surface area contributed by atoms with E-state index in [1.807, 2.05) is 18.3 Å². The van der Waals surface area contributed by atoms with Gasteiger partial charge in [0.25, 0.3) is 0 Å². The third-order valence-electron chi connectivity index (χ3n) is 3.31. The summed E-state index contributed by atoms with van der Waals surface area (Å²) in [7, 11) is 0. The van der Waals surface area contributed by atoms with E-state index in [0.29, 0.717) is 12.1 Å². The van der Waals surface area contributed by atoms with Crippen molar-refractivity contribution in [2.24, 2.45) is 0 Å². The quantitative estimate of drug-likeness (QED) is 0.819. The van der Waals surface area contributed by atoms with Gasteiger partial charge in [0.1, 0.15) is 0 Å². The number of aromatic nitrogens is 1. The van der Waals surface area contributed by atoms with Gasteiger partial charge in [0.2, 0.25) is 0 Å². The second-order valence-corrected chi connectivity index (χ2v) is 4.65. The van der Waals surface area contributed by atoms with E-state index in [0.717, 1.165) is 31.4 Å². The average molecular weight is 220 g/mol. The van der Waals surface area contributed by atoms with Gasteiger partial charge in [-0.15, -0.1) is 0 Å². The van der Waals surface area contributed by atoms with Crippen molar-refractivity contribution < 1.29 is 5.11 Å². The zero-order valence-corrected chi connectivity index (χ0v) is 9.76. The van der Waals surface area contributed by atoms with Gasteiger partial charge < -0.3 is 10.4 Å². The Morgan fingerprint density at radius 3 is 2.69 bits per heavy atom. The molecule has 0 spiro atoms. The van der Waals surface area contributed by atoms with Gasteiger partial charge in [0.05, 0.1) is 11.8 Å². The van der Waals surface area contributed by atoms with Crippen molar-refractivity contribution >= 4 is 0 Å². The number of nitrogens with zero attached hydrogens (tertiary/aromatic N) is 1. The number of hydrogen-bond donors (Lipinski definition) is 2. The van der Waals surface area contributed by atoms with Crippen molar-refractivity contribution in [3.8, 4) is 0 Å². The Bertz CT molecular complexity index is 307.